The molecule has 0 bridgehead atoms. The first-order chi connectivity index (χ1) is 13.2. The number of ether oxygens (including phenoxy) is 1. The van der Waals surface area contributed by atoms with Gasteiger partial charge in [0.05, 0.1) is 24.0 Å². The minimum absolute atomic E-state index is 0.220. The molecule has 6 heteroatoms. The van der Waals surface area contributed by atoms with Gasteiger partial charge in [-0.25, -0.2) is 0 Å². The number of nitrogens with one attached hydrogen (secondary N) is 2. The Bertz CT molecular complexity index is 846. The van der Waals surface area contributed by atoms with Crippen molar-refractivity contribution in [2.24, 2.45) is 0 Å². The summed E-state index contributed by atoms with van der Waals surface area (Å²) in [7, 11) is 0. The fourth-order valence-electron chi connectivity index (χ4n) is 3.71. The van der Waals surface area contributed by atoms with Gasteiger partial charge in [-0.2, -0.15) is 0 Å². The average molecular weight is 365 g/mol. The van der Waals surface area contributed by atoms with Crippen LogP contribution >= 0.6 is 0 Å². The molecule has 4 rings (SSSR count). The summed E-state index contributed by atoms with van der Waals surface area (Å²) < 4.78 is 5.61. The van der Waals surface area contributed by atoms with Crippen LogP contribution in [-0.4, -0.2) is 31.5 Å². The van der Waals surface area contributed by atoms with Crippen molar-refractivity contribution in [1.29, 1.82) is 0 Å². The smallest absolute Gasteiger partial charge is 0.313 e. The zero-order chi connectivity index (χ0) is 18.6. The van der Waals surface area contributed by atoms with E-state index in [4.69, 9.17) is 4.74 Å². The van der Waals surface area contributed by atoms with Crippen molar-refractivity contribution in [3.8, 4) is 5.75 Å². The van der Waals surface area contributed by atoms with E-state index in [2.05, 4.69) is 15.5 Å². The van der Waals surface area contributed by atoms with E-state index in [1.165, 1.54) is 0 Å². The van der Waals surface area contributed by atoms with Gasteiger partial charge in [0.2, 0.25) is 0 Å². The Labute approximate surface area is 158 Å². The maximum atomic E-state index is 12.5. The summed E-state index contributed by atoms with van der Waals surface area (Å²) in [5, 5.41) is 5.62. The Kier molecular flexibility index (Phi) is 4.96. The van der Waals surface area contributed by atoms with Crippen LogP contribution in [0.4, 0.5) is 11.4 Å². The zero-order valence-corrected chi connectivity index (χ0v) is 15.1. The van der Waals surface area contributed by atoms with Gasteiger partial charge in [-0.15, -0.1) is 0 Å². The topological polar surface area (TPSA) is 70.7 Å². The number of hydrogen-bond donors (Lipinski definition) is 2. The van der Waals surface area contributed by atoms with E-state index in [9.17, 15) is 9.59 Å². The van der Waals surface area contributed by atoms with Crippen molar-refractivity contribution in [2.45, 2.75) is 25.3 Å². The third-order valence-electron chi connectivity index (χ3n) is 5.07. The molecule has 0 radical (unpaired) electrons. The maximum Gasteiger partial charge on any atom is 0.313 e. The minimum atomic E-state index is -0.648. The molecule has 1 fully saturated rings. The van der Waals surface area contributed by atoms with Crippen molar-refractivity contribution in [3.63, 3.8) is 0 Å². The summed E-state index contributed by atoms with van der Waals surface area (Å²) in [6.45, 7) is 2.46. The largest absolute Gasteiger partial charge is 0.493 e. The van der Waals surface area contributed by atoms with Crippen LogP contribution in [0.2, 0.25) is 0 Å². The normalized spacial score (nSPS) is 18.4. The highest BCUT2D eigenvalue weighted by Crippen LogP contribution is 2.32. The van der Waals surface area contributed by atoms with Gasteiger partial charge in [0.15, 0.2) is 0 Å². The number of hydrogen-bond acceptors (Lipinski definition) is 4. The number of fused-ring (bicyclic) bond motifs is 1. The molecule has 2 aliphatic rings. The van der Waals surface area contributed by atoms with E-state index >= 15 is 0 Å². The second kappa shape index (κ2) is 7.70. The van der Waals surface area contributed by atoms with Crippen LogP contribution in [0.5, 0.6) is 5.75 Å². The monoisotopic (exact) mass is 365 g/mol. The minimum Gasteiger partial charge on any atom is -0.493 e. The molecule has 2 heterocycles. The molecule has 2 aromatic rings. The number of carbonyl (C=O) groups is 2. The van der Waals surface area contributed by atoms with E-state index in [1.807, 2.05) is 48.5 Å². The Balaban J connectivity index is 1.45. The Hall–Kier alpha value is -3.02. The van der Waals surface area contributed by atoms with Crippen LogP contribution in [0.25, 0.3) is 0 Å². The lowest BCUT2D eigenvalue weighted by Gasteiger charge is -2.26. The molecule has 0 spiro atoms. The summed E-state index contributed by atoms with van der Waals surface area (Å²) in [4.78, 5) is 27.2. The number of nitrogens with zero attached hydrogens (tertiary/aromatic N) is 1. The van der Waals surface area contributed by atoms with Gasteiger partial charge in [0.25, 0.3) is 0 Å². The Morgan fingerprint density at radius 2 is 1.70 bits per heavy atom. The highest BCUT2D eigenvalue weighted by Gasteiger charge is 2.26. The van der Waals surface area contributed by atoms with Crippen LogP contribution in [0.3, 0.4) is 0 Å². The van der Waals surface area contributed by atoms with Gasteiger partial charge in [0.1, 0.15) is 5.75 Å². The summed E-state index contributed by atoms with van der Waals surface area (Å²) in [6, 6.07) is 15.0. The molecule has 2 N–H and O–H groups in total. The molecule has 1 atom stereocenters. The number of benzene rings is 2. The van der Waals surface area contributed by atoms with Crippen LogP contribution in [0.15, 0.2) is 48.5 Å². The summed E-state index contributed by atoms with van der Waals surface area (Å²) in [6.07, 6.45) is 2.93. The fraction of sp³-hybridized carbons (Fsp3) is 0.333. The van der Waals surface area contributed by atoms with Gasteiger partial charge in [0, 0.05) is 25.1 Å². The molecule has 0 aliphatic carbocycles. The maximum absolute atomic E-state index is 12.5. The van der Waals surface area contributed by atoms with Gasteiger partial charge < -0.3 is 20.3 Å². The second-order valence-electron chi connectivity index (χ2n) is 6.87. The number of para-hydroxylation sites is 3. The quantitative estimate of drug-likeness (QED) is 0.821. The number of amides is 2. The van der Waals surface area contributed by atoms with Crippen molar-refractivity contribution < 1.29 is 14.3 Å². The number of anilines is 2. The zero-order valence-electron chi connectivity index (χ0n) is 15.1. The molecule has 27 heavy (non-hydrogen) atoms. The predicted octanol–water partition coefficient (Wildman–Crippen LogP) is 2.87. The molecule has 0 saturated carbocycles. The molecule has 0 aromatic heterocycles. The third kappa shape index (κ3) is 3.74. The fourth-order valence-corrected chi connectivity index (χ4v) is 3.71. The van der Waals surface area contributed by atoms with Gasteiger partial charge in [-0.05, 0) is 31.0 Å². The van der Waals surface area contributed by atoms with Crippen LogP contribution in [0, 0.1) is 0 Å². The predicted molar refractivity (Wildman–Crippen MR) is 104 cm³/mol. The van der Waals surface area contributed by atoms with Gasteiger partial charge in [-0.3, -0.25) is 9.59 Å². The van der Waals surface area contributed by atoms with Crippen molar-refractivity contribution in [2.75, 3.05) is 29.9 Å². The second-order valence-corrected chi connectivity index (χ2v) is 6.87. The van der Waals surface area contributed by atoms with Crippen LogP contribution < -0.4 is 20.3 Å². The average Bonchev–Trinajstić information content (AvgIpc) is 3.23. The first-order valence-corrected chi connectivity index (χ1v) is 9.40. The lowest BCUT2D eigenvalue weighted by atomic mass is 10.0. The first kappa shape index (κ1) is 17.4. The van der Waals surface area contributed by atoms with Crippen molar-refractivity contribution in [3.05, 3.63) is 54.1 Å². The summed E-state index contributed by atoms with van der Waals surface area (Å²) in [5.41, 5.74) is 2.54. The molecule has 1 unspecified atom stereocenters. The van der Waals surface area contributed by atoms with E-state index in [0.29, 0.717) is 18.7 Å². The molecular weight excluding hydrogens is 342 g/mol. The summed E-state index contributed by atoms with van der Waals surface area (Å²) >= 11 is 0. The first-order valence-electron chi connectivity index (χ1n) is 9.40. The molecular formula is C21H23N3O3. The highest BCUT2D eigenvalue weighted by molar-refractivity contribution is 6.40. The van der Waals surface area contributed by atoms with Crippen molar-refractivity contribution in [1.82, 2.24) is 5.32 Å². The Morgan fingerprint density at radius 3 is 2.56 bits per heavy atom. The number of rotatable bonds is 3. The lowest BCUT2D eigenvalue weighted by Crippen LogP contribution is -2.39. The van der Waals surface area contributed by atoms with Crippen molar-refractivity contribution >= 4 is 23.2 Å². The van der Waals surface area contributed by atoms with Gasteiger partial charge >= 0.3 is 11.8 Å². The standard InChI is InChI=1S/C21H23N3O3/c25-20(22-16-11-14-27-19-10-4-1-7-15(16)19)21(26)23-17-8-2-3-9-18(17)24-12-5-6-13-24/h1-4,7-10,16H,5-6,11-14H2,(H,22,25)(H,23,26). The van der Waals surface area contributed by atoms with Crippen LogP contribution in [-0.2, 0) is 9.59 Å². The molecule has 1 saturated heterocycles. The van der Waals surface area contributed by atoms with Crippen LogP contribution in [0.1, 0.15) is 30.9 Å². The number of carbonyl (C=O) groups excluding carboxylic acids is 2. The Morgan fingerprint density at radius 1 is 0.963 bits per heavy atom. The third-order valence-corrected chi connectivity index (χ3v) is 5.07. The highest BCUT2D eigenvalue weighted by atomic mass is 16.5. The lowest BCUT2D eigenvalue weighted by molar-refractivity contribution is -0.136. The van der Waals surface area contributed by atoms with Gasteiger partial charge in [-0.1, -0.05) is 30.3 Å². The molecule has 6 nitrogen and oxygen atoms in total. The van der Waals surface area contributed by atoms with E-state index < -0.39 is 11.8 Å². The van der Waals surface area contributed by atoms with E-state index in [0.717, 1.165) is 42.9 Å². The van der Waals surface area contributed by atoms with E-state index in [1.54, 1.807) is 0 Å². The van der Waals surface area contributed by atoms with E-state index in [-0.39, 0.29) is 6.04 Å². The molecule has 140 valence electrons. The summed E-state index contributed by atoms with van der Waals surface area (Å²) in [5.74, 6) is -0.521. The molecule has 2 amide bonds. The SMILES string of the molecule is O=C(Nc1ccccc1N1CCCC1)C(=O)NC1CCOc2ccccc21. The molecule has 2 aliphatic heterocycles. The molecule has 2 aromatic carbocycles.